The topological polar surface area (TPSA) is 99.7 Å². The molecule has 2 aromatic rings. The highest BCUT2D eigenvalue weighted by molar-refractivity contribution is 8.93. The molecule has 2 rings (SSSR count). The van der Waals surface area contributed by atoms with Gasteiger partial charge in [-0.25, -0.2) is 0 Å². The van der Waals surface area contributed by atoms with E-state index in [1.54, 1.807) is 11.8 Å². The normalized spacial score (nSPS) is 10.0. The van der Waals surface area contributed by atoms with E-state index >= 15 is 0 Å². The van der Waals surface area contributed by atoms with Gasteiger partial charge in [0.1, 0.15) is 0 Å². The van der Waals surface area contributed by atoms with Gasteiger partial charge in [0.15, 0.2) is 10.3 Å². The number of benzene rings is 2. The molecular weight excluding hydrogens is 424 g/mol. The highest BCUT2D eigenvalue weighted by Crippen LogP contribution is 2.35. The summed E-state index contributed by atoms with van der Waals surface area (Å²) in [6.07, 6.45) is 0. The van der Waals surface area contributed by atoms with Crippen molar-refractivity contribution in [2.45, 2.75) is 21.3 Å². The van der Waals surface area contributed by atoms with Gasteiger partial charge >= 0.3 is 0 Å². The van der Waals surface area contributed by atoms with E-state index in [1.807, 2.05) is 24.3 Å². The first-order chi connectivity index (χ1) is 11.1. The molecule has 2 aromatic carbocycles. The van der Waals surface area contributed by atoms with Crippen molar-refractivity contribution < 1.29 is 0 Å². The van der Waals surface area contributed by atoms with Crippen molar-refractivity contribution >= 4 is 62.6 Å². The molecule has 0 aliphatic rings. The lowest BCUT2D eigenvalue weighted by Gasteiger charge is -2.12. The van der Waals surface area contributed by atoms with Gasteiger partial charge in [0.05, 0.1) is 0 Å². The summed E-state index contributed by atoms with van der Waals surface area (Å²) in [5.74, 6) is 1.37. The summed E-state index contributed by atoms with van der Waals surface area (Å²) in [7, 11) is 0. The zero-order chi connectivity index (χ0) is 16.7. The van der Waals surface area contributed by atoms with E-state index in [4.69, 9.17) is 22.3 Å². The molecule has 0 spiro atoms. The zero-order valence-electron chi connectivity index (χ0n) is 12.8. The molecule has 0 bridgehead atoms. The van der Waals surface area contributed by atoms with Gasteiger partial charge in [-0.3, -0.25) is 10.8 Å². The summed E-state index contributed by atoms with van der Waals surface area (Å²) >= 11 is 4.35. The lowest BCUT2D eigenvalue weighted by molar-refractivity contribution is 1.23. The van der Waals surface area contributed by atoms with Crippen LogP contribution in [0.25, 0.3) is 0 Å². The average molecular weight is 443 g/mol. The minimum atomic E-state index is 0. The maximum Gasteiger partial charge on any atom is 0.151 e. The lowest BCUT2D eigenvalue weighted by Crippen LogP contribution is -2.04. The van der Waals surface area contributed by atoms with Crippen molar-refractivity contribution in [2.24, 2.45) is 11.5 Å². The van der Waals surface area contributed by atoms with Gasteiger partial charge in [0.25, 0.3) is 0 Å². The fourth-order valence-electron chi connectivity index (χ4n) is 1.87. The molecule has 0 fully saturated rings. The maximum atomic E-state index is 7.36. The highest BCUT2D eigenvalue weighted by Gasteiger charge is 2.09. The fraction of sp³-hybridized carbons (Fsp3) is 0.125. The minimum Gasteiger partial charge on any atom is -0.379 e. The molecular formula is C16H19BrN4S3. The maximum absolute atomic E-state index is 7.36. The Morgan fingerprint density at radius 1 is 0.750 bits per heavy atom. The fourth-order valence-corrected chi connectivity index (χ4v) is 4.26. The first-order valence-corrected chi connectivity index (χ1v) is 9.62. The third kappa shape index (κ3) is 6.80. The van der Waals surface area contributed by atoms with Crippen LogP contribution in [0.2, 0.25) is 0 Å². The molecule has 0 radical (unpaired) electrons. The van der Waals surface area contributed by atoms with Crippen LogP contribution in [0.4, 0.5) is 0 Å². The molecule has 0 aromatic heterocycles. The Kier molecular flexibility index (Phi) is 9.35. The first-order valence-electron chi connectivity index (χ1n) is 6.83. The largest absolute Gasteiger partial charge is 0.379 e. The quantitative estimate of drug-likeness (QED) is 0.384. The predicted octanol–water partition coefficient (Wildman–Crippen LogP) is 4.67. The van der Waals surface area contributed by atoms with Crippen LogP contribution in [0, 0.1) is 10.8 Å². The van der Waals surface area contributed by atoms with Crippen LogP contribution >= 0.6 is 52.3 Å². The summed E-state index contributed by atoms with van der Waals surface area (Å²) in [4.78, 5) is 2.31. The molecule has 4 nitrogen and oxygen atoms in total. The van der Waals surface area contributed by atoms with Gasteiger partial charge in [-0.15, -0.1) is 17.0 Å². The van der Waals surface area contributed by atoms with E-state index in [0.717, 1.165) is 20.9 Å². The second-order valence-electron chi connectivity index (χ2n) is 4.62. The number of rotatable bonds is 6. The van der Waals surface area contributed by atoms with Crippen molar-refractivity contribution in [3.05, 3.63) is 59.7 Å². The Hall–Kier alpha value is -1.09. The predicted molar refractivity (Wildman–Crippen MR) is 114 cm³/mol. The molecule has 24 heavy (non-hydrogen) atoms. The van der Waals surface area contributed by atoms with Crippen LogP contribution in [0.5, 0.6) is 0 Å². The molecule has 8 heteroatoms. The van der Waals surface area contributed by atoms with Gasteiger partial charge in [0.2, 0.25) is 0 Å². The standard InChI is InChI=1S/C16H18N4S3.BrH/c17-15(18)21-9-11-5-1-3-7-13(11)23-14-8-4-2-6-12(14)10-22-16(19)20;/h1-8H,9-10H2,(H3,17,18)(H3,19,20);1H. The highest BCUT2D eigenvalue weighted by atomic mass is 79.9. The van der Waals surface area contributed by atoms with Crippen LogP contribution in [-0.4, -0.2) is 10.3 Å². The van der Waals surface area contributed by atoms with E-state index < -0.39 is 0 Å². The Bertz CT molecular complexity index is 650. The Labute approximate surface area is 165 Å². The van der Waals surface area contributed by atoms with Gasteiger partial charge in [-0.05, 0) is 23.3 Å². The number of halogens is 1. The zero-order valence-corrected chi connectivity index (χ0v) is 17.0. The molecule has 0 unspecified atom stereocenters. The lowest BCUT2D eigenvalue weighted by atomic mass is 10.2. The second-order valence-corrected chi connectivity index (χ2v) is 7.74. The van der Waals surface area contributed by atoms with Crippen molar-refractivity contribution in [2.75, 3.05) is 0 Å². The number of nitrogens with one attached hydrogen (secondary N) is 2. The molecule has 6 N–H and O–H groups in total. The van der Waals surface area contributed by atoms with Crippen molar-refractivity contribution in [3.63, 3.8) is 0 Å². The number of amidine groups is 2. The van der Waals surface area contributed by atoms with Gasteiger partial charge in [-0.1, -0.05) is 71.7 Å². The Morgan fingerprint density at radius 2 is 1.12 bits per heavy atom. The second kappa shape index (κ2) is 10.7. The molecule has 0 heterocycles. The SMILES string of the molecule is Br.N=C(N)SCc1ccccc1Sc1ccccc1CSC(=N)N. The Morgan fingerprint density at radius 3 is 1.50 bits per heavy atom. The van der Waals surface area contributed by atoms with Crippen LogP contribution in [0.15, 0.2) is 58.3 Å². The van der Waals surface area contributed by atoms with E-state index in [1.165, 1.54) is 23.5 Å². The summed E-state index contributed by atoms with van der Waals surface area (Å²) in [5.41, 5.74) is 13.2. The Balaban J connectivity index is 0.00000288. The summed E-state index contributed by atoms with van der Waals surface area (Å²) in [5, 5.41) is 15.0. The van der Waals surface area contributed by atoms with E-state index in [2.05, 4.69) is 24.3 Å². The number of hydrogen-bond donors (Lipinski definition) is 4. The van der Waals surface area contributed by atoms with Gasteiger partial charge in [-0.2, -0.15) is 0 Å². The summed E-state index contributed by atoms with van der Waals surface area (Å²) in [6.45, 7) is 0. The third-order valence-electron chi connectivity index (χ3n) is 2.93. The van der Waals surface area contributed by atoms with E-state index in [-0.39, 0.29) is 27.3 Å². The monoisotopic (exact) mass is 442 g/mol. The number of hydrogen-bond acceptors (Lipinski definition) is 5. The van der Waals surface area contributed by atoms with Crippen molar-refractivity contribution in [1.29, 1.82) is 10.8 Å². The van der Waals surface area contributed by atoms with Gasteiger partial charge in [0, 0.05) is 21.3 Å². The van der Waals surface area contributed by atoms with Gasteiger partial charge < -0.3 is 11.5 Å². The van der Waals surface area contributed by atoms with Crippen molar-refractivity contribution in [1.82, 2.24) is 0 Å². The van der Waals surface area contributed by atoms with Crippen LogP contribution < -0.4 is 11.5 Å². The summed E-state index contributed by atoms with van der Waals surface area (Å²) < 4.78 is 0. The van der Waals surface area contributed by atoms with Crippen LogP contribution in [0.1, 0.15) is 11.1 Å². The third-order valence-corrected chi connectivity index (χ3v) is 5.70. The average Bonchev–Trinajstić information content (AvgIpc) is 2.53. The van der Waals surface area contributed by atoms with E-state index in [9.17, 15) is 0 Å². The number of nitrogens with two attached hydrogens (primary N) is 2. The molecule has 0 saturated heterocycles. The van der Waals surface area contributed by atoms with Crippen LogP contribution in [-0.2, 0) is 11.5 Å². The van der Waals surface area contributed by atoms with E-state index in [0.29, 0.717) is 11.5 Å². The molecule has 0 amide bonds. The number of thioether (sulfide) groups is 2. The first kappa shape index (κ1) is 21.0. The van der Waals surface area contributed by atoms with Crippen LogP contribution in [0.3, 0.4) is 0 Å². The molecule has 128 valence electrons. The minimum absolute atomic E-state index is 0. The molecule has 0 aliphatic carbocycles. The molecule has 0 saturated carbocycles. The molecule has 0 atom stereocenters. The molecule has 0 aliphatic heterocycles. The smallest absolute Gasteiger partial charge is 0.151 e. The van der Waals surface area contributed by atoms with Crippen molar-refractivity contribution in [3.8, 4) is 0 Å². The summed E-state index contributed by atoms with van der Waals surface area (Å²) in [6, 6.07) is 16.3.